The smallest absolute Gasteiger partial charge is 0.404 e. The predicted octanol–water partition coefficient (Wildman–Crippen LogP) is 1.95. The van der Waals surface area contributed by atoms with Crippen molar-refractivity contribution in [3.05, 3.63) is 36.5 Å². The lowest BCUT2D eigenvalue weighted by Gasteiger charge is -2.34. The highest BCUT2D eigenvalue weighted by molar-refractivity contribution is 7.89. The molecule has 158 valence electrons. The van der Waals surface area contributed by atoms with E-state index in [1.54, 1.807) is 6.20 Å². The van der Waals surface area contributed by atoms with Gasteiger partial charge in [0.1, 0.15) is 10.6 Å². The molecule has 12 heteroatoms. The largest absolute Gasteiger partial charge is 0.573 e. The van der Waals surface area contributed by atoms with Gasteiger partial charge in [0.25, 0.3) is 0 Å². The van der Waals surface area contributed by atoms with Gasteiger partial charge in [0.2, 0.25) is 10.0 Å². The van der Waals surface area contributed by atoms with Gasteiger partial charge in [0, 0.05) is 46.3 Å². The summed E-state index contributed by atoms with van der Waals surface area (Å²) in [6, 6.07) is 6.57. The van der Waals surface area contributed by atoms with Gasteiger partial charge in [-0.15, -0.1) is 18.3 Å². The fourth-order valence-electron chi connectivity index (χ4n) is 2.91. The maximum atomic E-state index is 12.9. The third kappa shape index (κ3) is 4.88. The molecule has 3 rings (SSSR count). The molecule has 1 aromatic carbocycles. The summed E-state index contributed by atoms with van der Waals surface area (Å²) in [7, 11) is -0.421. The van der Waals surface area contributed by atoms with Crippen molar-refractivity contribution in [3.63, 3.8) is 0 Å². The van der Waals surface area contributed by atoms with E-state index in [1.165, 1.54) is 12.1 Å². The summed E-state index contributed by atoms with van der Waals surface area (Å²) in [4.78, 5) is 3.24. The van der Waals surface area contributed by atoms with Gasteiger partial charge < -0.3 is 14.5 Å². The summed E-state index contributed by atoms with van der Waals surface area (Å²) in [5.41, 5.74) is 0.850. The van der Waals surface area contributed by atoms with Crippen molar-refractivity contribution in [1.82, 2.24) is 14.5 Å². The lowest BCUT2D eigenvalue weighted by Crippen LogP contribution is -2.49. The summed E-state index contributed by atoms with van der Waals surface area (Å²) >= 11 is 0. The van der Waals surface area contributed by atoms with Gasteiger partial charge in [-0.05, 0) is 12.1 Å². The minimum atomic E-state index is -4.99. The second-order valence-electron chi connectivity index (χ2n) is 6.55. The Kier molecular flexibility index (Phi) is 5.85. The molecule has 0 saturated carbocycles. The summed E-state index contributed by atoms with van der Waals surface area (Å²) in [6.07, 6.45) is -3.37. The van der Waals surface area contributed by atoms with Crippen LogP contribution in [0.25, 0.3) is 0 Å². The highest BCUT2D eigenvalue weighted by atomic mass is 32.2. The molecule has 0 radical (unpaired) electrons. The van der Waals surface area contributed by atoms with E-state index in [0.717, 1.165) is 22.1 Å². The van der Waals surface area contributed by atoms with E-state index in [0.29, 0.717) is 18.9 Å². The van der Waals surface area contributed by atoms with Gasteiger partial charge in [-0.25, -0.2) is 8.42 Å². The first-order chi connectivity index (χ1) is 13.6. The van der Waals surface area contributed by atoms with E-state index in [2.05, 4.69) is 14.9 Å². The van der Waals surface area contributed by atoms with Crippen molar-refractivity contribution in [2.24, 2.45) is 0 Å². The van der Waals surface area contributed by atoms with Crippen LogP contribution in [0.15, 0.2) is 41.4 Å². The number of piperazine rings is 1. The van der Waals surface area contributed by atoms with Crippen LogP contribution in [0.5, 0.6) is 5.75 Å². The van der Waals surface area contributed by atoms with Crippen molar-refractivity contribution < 1.29 is 26.3 Å². The average molecular weight is 431 g/mol. The molecule has 1 fully saturated rings. The Balaban J connectivity index is 1.76. The zero-order chi connectivity index (χ0) is 21.2. The lowest BCUT2D eigenvalue weighted by molar-refractivity contribution is -0.275. The van der Waals surface area contributed by atoms with E-state index in [4.69, 9.17) is 0 Å². The van der Waals surface area contributed by atoms with Gasteiger partial charge in [0.05, 0.1) is 11.9 Å². The fraction of sp³-hybridized carbons (Fsp3) is 0.412. The summed E-state index contributed by atoms with van der Waals surface area (Å²) in [5, 5.41) is 8.04. The molecule has 0 spiro atoms. The Morgan fingerprint density at radius 1 is 1.10 bits per heavy atom. The van der Waals surface area contributed by atoms with E-state index in [-0.39, 0.29) is 13.1 Å². The minimum absolute atomic E-state index is 0.0938. The summed E-state index contributed by atoms with van der Waals surface area (Å²) in [5.74, 6) is -0.138. The Labute approximate surface area is 166 Å². The molecule has 2 heterocycles. The number of hydrogen-bond donors (Lipinski definition) is 0. The van der Waals surface area contributed by atoms with Crippen molar-refractivity contribution in [2.75, 3.05) is 50.1 Å². The third-order valence-corrected chi connectivity index (χ3v) is 6.34. The first-order valence-corrected chi connectivity index (χ1v) is 10.1. The topological polar surface area (TPSA) is 78.9 Å². The van der Waals surface area contributed by atoms with Crippen molar-refractivity contribution in [3.8, 4) is 5.75 Å². The van der Waals surface area contributed by atoms with Crippen molar-refractivity contribution in [1.29, 1.82) is 0 Å². The van der Waals surface area contributed by atoms with Crippen molar-refractivity contribution in [2.45, 2.75) is 11.3 Å². The monoisotopic (exact) mass is 431 g/mol. The molecule has 0 amide bonds. The number of para-hydroxylation sites is 1. The van der Waals surface area contributed by atoms with E-state index in [1.807, 2.05) is 30.0 Å². The minimum Gasteiger partial charge on any atom is -0.404 e. The molecular formula is C17H20F3N5O3S. The van der Waals surface area contributed by atoms with Crippen LogP contribution >= 0.6 is 0 Å². The Morgan fingerprint density at radius 3 is 2.38 bits per heavy atom. The highest BCUT2D eigenvalue weighted by Gasteiger charge is 2.36. The van der Waals surface area contributed by atoms with Gasteiger partial charge >= 0.3 is 6.36 Å². The third-order valence-electron chi connectivity index (χ3n) is 4.40. The average Bonchev–Trinajstić information content (AvgIpc) is 2.67. The van der Waals surface area contributed by atoms with Crippen LogP contribution in [-0.2, 0) is 10.0 Å². The number of alkyl halides is 3. The molecule has 1 aliphatic heterocycles. The summed E-state index contributed by atoms with van der Waals surface area (Å²) < 4.78 is 68.7. The molecular weight excluding hydrogens is 411 g/mol. The number of nitrogens with zero attached hydrogens (tertiary/aromatic N) is 5. The zero-order valence-electron chi connectivity index (χ0n) is 15.8. The SMILES string of the molecule is CN(C)c1cnnc(N2CCN(S(=O)(=O)c3ccccc3OC(F)(F)F)CC2)c1. The number of halogens is 3. The molecule has 0 bridgehead atoms. The molecule has 0 N–H and O–H groups in total. The number of ether oxygens (including phenoxy) is 1. The molecule has 2 aromatic rings. The second kappa shape index (κ2) is 8.03. The number of sulfonamides is 1. The standard InChI is InChI=1S/C17H20F3N5O3S/c1-23(2)13-11-16(22-21-12-13)24-7-9-25(10-8-24)29(26,27)15-6-4-3-5-14(15)28-17(18,19)20/h3-6,11-12H,7-10H2,1-2H3. The molecule has 1 saturated heterocycles. The molecule has 0 unspecified atom stereocenters. The van der Waals surface area contributed by atoms with E-state index in [9.17, 15) is 21.6 Å². The van der Waals surface area contributed by atoms with Crippen LogP contribution in [-0.4, -0.2) is 69.6 Å². The van der Waals surface area contributed by atoms with Crippen LogP contribution in [0.3, 0.4) is 0 Å². The Hall–Kier alpha value is -2.60. The first-order valence-electron chi connectivity index (χ1n) is 8.68. The quantitative estimate of drug-likeness (QED) is 0.716. The Morgan fingerprint density at radius 2 is 1.76 bits per heavy atom. The first kappa shape index (κ1) is 21.1. The number of anilines is 2. The number of benzene rings is 1. The van der Waals surface area contributed by atoms with Crippen LogP contribution in [0.4, 0.5) is 24.7 Å². The maximum Gasteiger partial charge on any atom is 0.573 e. The van der Waals surface area contributed by atoms with E-state index >= 15 is 0 Å². The number of rotatable bonds is 5. The molecule has 0 atom stereocenters. The number of aromatic nitrogens is 2. The van der Waals surface area contributed by atoms with Gasteiger partial charge in [-0.3, -0.25) is 0 Å². The second-order valence-corrected chi connectivity index (χ2v) is 8.46. The highest BCUT2D eigenvalue weighted by Crippen LogP contribution is 2.32. The van der Waals surface area contributed by atoms with Crippen LogP contribution in [0.2, 0.25) is 0 Å². The van der Waals surface area contributed by atoms with Crippen LogP contribution in [0.1, 0.15) is 0 Å². The zero-order valence-corrected chi connectivity index (χ0v) is 16.6. The maximum absolute atomic E-state index is 12.9. The van der Waals surface area contributed by atoms with Gasteiger partial charge in [0.15, 0.2) is 5.82 Å². The van der Waals surface area contributed by atoms with Crippen LogP contribution in [0, 0.1) is 0 Å². The Bertz CT molecular complexity index is 961. The molecule has 1 aromatic heterocycles. The molecule has 29 heavy (non-hydrogen) atoms. The lowest BCUT2D eigenvalue weighted by atomic mass is 10.3. The van der Waals surface area contributed by atoms with Crippen molar-refractivity contribution >= 4 is 21.5 Å². The van der Waals surface area contributed by atoms with E-state index < -0.39 is 27.0 Å². The molecule has 8 nitrogen and oxygen atoms in total. The fourth-order valence-corrected chi connectivity index (χ4v) is 4.45. The number of hydrogen-bond acceptors (Lipinski definition) is 7. The molecule has 0 aliphatic carbocycles. The molecule has 1 aliphatic rings. The van der Waals surface area contributed by atoms with Gasteiger partial charge in [-0.2, -0.15) is 9.40 Å². The predicted molar refractivity (Wildman–Crippen MR) is 100 cm³/mol. The normalized spacial score (nSPS) is 16.0. The summed E-state index contributed by atoms with van der Waals surface area (Å²) in [6.45, 7) is 0.841. The van der Waals surface area contributed by atoms with Crippen LogP contribution < -0.4 is 14.5 Å². The van der Waals surface area contributed by atoms with Gasteiger partial charge in [-0.1, -0.05) is 12.1 Å².